The number of aryl methyl sites for hydroxylation is 1. The molecule has 0 aromatic carbocycles. The normalized spacial score (nSPS) is 11.8. The van der Waals surface area contributed by atoms with Crippen molar-refractivity contribution in [1.29, 1.82) is 0 Å². The molecule has 0 atom stereocenters. The number of rotatable bonds is 3. The second kappa shape index (κ2) is 3.20. The molecule has 1 rings (SSSR count). The predicted molar refractivity (Wildman–Crippen MR) is 40.5 cm³/mol. The molecule has 0 aliphatic heterocycles. The Kier molecular flexibility index (Phi) is 2.43. The molecular weight excluding hydrogens is 182 g/mol. The highest BCUT2D eigenvalue weighted by Gasteiger charge is 2.11. The molecule has 1 heterocycles. The lowest BCUT2D eigenvalue weighted by Crippen LogP contribution is -2.14. The lowest BCUT2D eigenvalue weighted by Gasteiger charge is -1.89. The van der Waals surface area contributed by atoms with Gasteiger partial charge in [-0.3, -0.25) is 0 Å². The second-order valence-electron chi connectivity index (χ2n) is 2.25. The summed E-state index contributed by atoms with van der Waals surface area (Å²) in [5.74, 6) is 0.0444. The Morgan fingerprint density at radius 2 is 2.00 bits per heavy atom. The van der Waals surface area contributed by atoms with Crippen molar-refractivity contribution in [3.05, 3.63) is 11.8 Å². The summed E-state index contributed by atoms with van der Waals surface area (Å²) in [6.07, 6.45) is 0.581. The number of hydrogen-bond donors (Lipinski definition) is 1. The average molecular weight is 191 g/mol. The molecule has 6 nitrogen and oxygen atoms in total. The van der Waals surface area contributed by atoms with Gasteiger partial charge in [-0.2, -0.15) is 0 Å². The fourth-order valence-corrected chi connectivity index (χ4v) is 1.12. The van der Waals surface area contributed by atoms with E-state index in [1.54, 1.807) is 0 Å². The van der Waals surface area contributed by atoms with Crippen molar-refractivity contribution in [3.63, 3.8) is 0 Å². The van der Waals surface area contributed by atoms with E-state index in [0.717, 1.165) is 0 Å². The molecule has 0 unspecified atom stereocenters. The van der Waals surface area contributed by atoms with Gasteiger partial charge in [0.05, 0.1) is 0 Å². The first-order chi connectivity index (χ1) is 5.51. The zero-order valence-corrected chi connectivity index (χ0v) is 7.34. The van der Waals surface area contributed by atoms with Crippen molar-refractivity contribution in [3.8, 4) is 0 Å². The van der Waals surface area contributed by atoms with Crippen LogP contribution in [-0.4, -0.2) is 18.6 Å². The molecule has 0 spiro atoms. The van der Waals surface area contributed by atoms with E-state index < -0.39 is 15.8 Å². The highest BCUT2D eigenvalue weighted by atomic mass is 32.2. The highest BCUT2D eigenvalue weighted by Crippen LogP contribution is 2.02. The van der Waals surface area contributed by atoms with Crippen LogP contribution in [0.3, 0.4) is 0 Å². The molecule has 0 bridgehead atoms. The van der Waals surface area contributed by atoms with Gasteiger partial charge in [-0.15, -0.1) is 10.2 Å². The third-order valence-electron chi connectivity index (χ3n) is 1.14. The fraction of sp³-hybridized carbons (Fsp3) is 0.600. The van der Waals surface area contributed by atoms with Crippen molar-refractivity contribution in [1.82, 2.24) is 10.2 Å². The van der Waals surface area contributed by atoms with Crippen LogP contribution < -0.4 is 5.14 Å². The van der Waals surface area contributed by atoms with Crippen LogP contribution in [0.5, 0.6) is 0 Å². The zero-order valence-electron chi connectivity index (χ0n) is 6.52. The van der Waals surface area contributed by atoms with E-state index in [0.29, 0.717) is 12.3 Å². The van der Waals surface area contributed by atoms with Crippen LogP contribution >= 0.6 is 0 Å². The molecule has 2 N–H and O–H groups in total. The van der Waals surface area contributed by atoms with Crippen molar-refractivity contribution < 1.29 is 12.8 Å². The summed E-state index contributed by atoms with van der Waals surface area (Å²) in [5, 5.41) is 11.8. The SMILES string of the molecule is CCc1nnc(CS(N)(=O)=O)o1. The summed E-state index contributed by atoms with van der Waals surface area (Å²) in [6.45, 7) is 1.83. The molecule has 7 heteroatoms. The Labute approximate surface area is 69.8 Å². The Balaban J connectivity index is 2.78. The Hall–Kier alpha value is -0.950. The molecule has 0 fully saturated rings. The highest BCUT2D eigenvalue weighted by molar-refractivity contribution is 7.88. The van der Waals surface area contributed by atoms with E-state index in [9.17, 15) is 8.42 Å². The van der Waals surface area contributed by atoms with Crippen molar-refractivity contribution >= 4 is 10.0 Å². The summed E-state index contributed by atoms with van der Waals surface area (Å²) in [5.41, 5.74) is 0. The van der Waals surface area contributed by atoms with Gasteiger partial charge in [0.15, 0.2) is 0 Å². The number of aromatic nitrogens is 2. The van der Waals surface area contributed by atoms with Gasteiger partial charge in [-0.1, -0.05) is 6.92 Å². The minimum Gasteiger partial charge on any atom is -0.424 e. The van der Waals surface area contributed by atoms with Gasteiger partial charge in [-0.05, 0) is 0 Å². The van der Waals surface area contributed by atoms with Gasteiger partial charge < -0.3 is 4.42 Å². The minimum atomic E-state index is -3.57. The van der Waals surface area contributed by atoms with Gasteiger partial charge >= 0.3 is 0 Å². The van der Waals surface area contributed by atoms with Crippen LogP contribution in [0.2, 0.25) is 0 Å². The molecule has 1 aromatic heterocycles. The van der Waals surface area contributed by atoms with Crippen LogP contribution in [0.4, 0.5) is 0 Å². The third-order valence-corrected chi connectivity index (χ3v) is 1.79. The molecule has 12 heavy (non-hydrogen) atoms. The average Bonchev–Trinajstić information content (AvgIpc) is 2.32. The van der Waals surface area contributed by atoms with E-state index in [-0.39, 0.29) is 5.89 Å². The molecule has 0 radical (unpaired) electrons. The van der Waals surface area contributed by atoms with E-state index in [1.165, 1.54) is 0 Å². The van der Waals surface area contributed by atoms with Crippen molar-refractivity contribution in [2.45, 2.75) is 19.1 Å². The van der Waals surface area contributed by atoms with Crippen LogP contribution in [0, 0.1) is 0 Å². The molecule has 68 valence electrons. The molecule has 0 saturated carbocycles. The Bertz CT molecular complexity index is 356. The van der Waals surface area contributed by atoms with E-state index in [4.69, 9.17) is 9.56 Å². The fourth-order valence-electron chi connectivity index (χ4n) is 0.662. The number of nitrogens with zero attached hydrogens (tertiary/aromatic N) is 2. The number of sulfonamides is 1. The lowest BCUT2D eigenvalue weighted by molar-refractivity contribution is 0.465. The molecular formula is C5H9N3O3S. The van der Waals surface area contributed by atoms with Gasteiger partial charge in [0.25, 0.3) is 0 Å². The maximum Gasteiger partial charge on any atom is 0.232 e. The summed E-state index contributed by atoms with van der Waals surface area (Å²) < 4.78 is 26.0. The maximum absolute atomic E-state index is 10.5. The topological polar surface area (TPSA) is 99.1 Å². The van der Waals surface area contributed by atoms with Gasteiger partial charge in [0, 0.05) is 6.42 Å². The number of primary sulfonamides is 1. The summed E-state index contributed by atoms with van der Waals surface area (Å²) in [4.78, 5) is 0. The lowest BCUT2D eigenvalue weighted by atomic mass is 10.5. The number of nitrogens with two attached hydrogens (primary N) is 1. The van der Waals surface area contributed by atoms with Gasteiger partial charge in [0.1, 0.15) is 5.75 Å². The zero-order chi connectivity index (χ0) is 9.19. The van der Waals surface area contributed by atoms with Gasteiger partial charge in [-0.25, -0.2) is 13.6 Å². The largest absolute Gasteiger partial charge is 0.424 e. The summed E-state index contributed by atoms with van der Waals surface area (Å²) >= 11 is 0. The Morgan fingerprint density at radius 3 is 2.42 bits per heavy atom. The monoisotopic (exact) mass is 191 g/mol. The van der Waals surface area contributed by atoms with E-state index >= 15 is 0 Å². The van der Waals surface area contributed by atoms with Crippen LogP contribution in [0.1, 0.15) is 18.7 Å². The first-order valence-electron chi connectivity index (χ1n) is 3.33. The second-order valence-corrected chi connectivity index (χ2v) is 3.86. The van der Waals surface area contributed by atoms with Crippen LogP contribution in [0.25, 0.3) is 0 Å². The summed E-state index contributed by atoms with van der Waals surface area (Å²) in [7, 11) is -3.57. The molecule has 0 aliphatic carbocycles. The Morgan fingerprint density at radius 1 is 1.42 bits per heavy atom. The van der Waals surface area contributed by atoms with Crippen LogP contribution in [-0.2, 0) is 22.2 Å². The van der Waals surface area contributed by atoms with Crippen molar-refractivity contribution in [2.75, 3.05) is 0 Å². The van der Waals surface area contributed by atoms with E-state index in [1.807, 2.05) is 6.92 Å². The number of hydrogen-bond acceptors (Lipinski definition) is 5. The van der Waals surface area contributed by atoms with E-state index in [2.05, 4.69) is 10.2 Å². The quantitative estimate of drug-likeness (QED) is 0.689. The standard InChI is InChI=1S/C5H9N3O3S/c1-2-4-7-8-5(11-4)3-12(6,9)10/h2-3H2,1H3,(H2,6,9,10). The predicted octanol–water partition coefficient (Wildman–Crippen LogP) is -0.579. The van der Waals surface area contributed by atoms with Crippen LogP contribution in [0.15, 0.2) is 4.42 Å². The molecule has 1 aromatic rings. The maximum atomic E-state index is 10.5. The summed E-state index contributed by atoms with van der Waals surface area (Å²) in [6, 6.07) is 0. The smallest absolute Gasteiger partial charge is 0.232 e. The first kappa shape index (κ1) is 9.14. The van der Waals surface area contributed by atoms with Gasteiger partial charge in [0.2, 0.25) is 21.8 Å². The molecule has 0 aliphatic rings. The third kappa shape index (κ3) is 2.59. The molecule has 0 amide bonds. The first-order valence-corrected chi connectivity index (χ1v) is 5.04. The van der Waals surface area contributed by atoms with Crippen molar-refractivity contribution in [2.24, 2.45) is 5.14 Å². The molecule has 0 saturated heterocycles. The minimum absolute atomic E-state index is 0.0364.